The first kappa shape index (κ1) is 30.1. The van der Waals surface area contributed by atoms with Crippen molar-refractivity contribution >= 4 is 33.5 Å². The molecule has 3 aromatic carbocycles. The van der Waals surface area contributed by atoms with Gasteiger partial charge in [-0.2, -0.15) is 0 Å². The zero-order valence-electron chi connectivity index (χ0n) is 24.3. The molecule has 2 N–H and O–H groups in total. The molecule has 3 aromatic rings. The van der Waals surface area contributed by atoms with Crippen molar-refractivity contribution < 1.29 is 28.6 Å². The zero-order valence-corrected chi connectivity index (χ0v) is 25.8. The summed E-state index contributed by atoms with van der Waals surface area (Å²) in [7, 11) is 0. The average molecular weight is 665 g/mol. The van der Waals surface area contributed by atoms with Crippen LogP contribution in [0.25, 0.3) is 5.57 Å². The van der Waals surface area contributed by atoms with E-state index in [0.29, 0.717) is 57.0 Å². The molecule has 2 amide bonds. The van der Waals surface area contributed by atoms with Gasteiger partial charge in [0, 0.05) is 35.7 Å². The molecule has 2 aliphatic heterocycles. The van der Waals surface area contributed by atoms with Gasteiger partial charge in [0.05, 0.1) is 12.1 Å². The topological polar surface area (TPSA) is 91.3 Å². The highest BCUT2D eigenvalue weighted by Gasteiger charge is 2.46. The second-order valence-corrected chi connectivity index (χ2v) is 12.3. The smallest absolute Gasteiger partial charge is 0.408 e. The molecule has 0 radical (unpaired) electrons. The van der Waals surface area contributed by atoms with Gasteiger partial charge in [0.25, 0.3) is 5.91 Å². The summed E-state index contributed by atoms with van der Waals surface area (Å²) in [5.41, 5.74) is 3.27. The molecule has 1 saturated carbocycles. The van der Waals surface area contributed by atoms with E-state index in [1.165, 1.54) is 17.0 Å². The van der Waals surface area contributed by atoms with Crippen LogP contribution in [0.2, 0.25) is 0 Å². The Morgan fingerprint density at radius 3 is 2.18 bits per heavy atom. The highest BCUT2D eigenvalue weighted by atomic mass is 79.9. The fraction of sp³-hybridized carbons (Fsp3) is 0.353. The van der Waals surface area contributed by atoms with E-state index in [1.807, 2.05) is 53.4 Å². The lowest BCUT2D eigenvalue weighted by atomic mass is 9.82. The highest BCUT2D eigenvalue weighted by molar-refractivity contribution is 9.10. The van der Waals surface area contributed by atoms with Crippen LogP contribution in [0.3, 0.4) is 0 Å². The Balaban J connectivity index is 1.22. The van der Waals surface area contributed by atoms with Crippen LogP contribution in [0, 0.1) is 5.82 Å². The van der Waals surface area contributed by atoms with Gasteiger partial charge in [-0.3, -0.25) is 9.69 Å². The Morgan fingerprint density at radius 1 is 0.932 bits per heavy atom. The van der Waals surface area contributed by atoms with Crippen LogP contribution in [0.5, 0.6) is 11.5 Å². The van der Waals surface area contributed by atoms with Crippen LogP contribution in [0.15, 0.2) is 82.8 Å². The third kappa shape index (κ3) is 6.92. The van der Waals surface area contributed by atoms with Gasteiger partial charge in [-0.1, -0.05) is 40.2 Å². The molecule has 6 rings (SSSR count). The highest BCUT2D eigenvalue weighted by Crippen LogP contribution is 2.39. The van der Waals surface area contributed by atoms with Crippen molar-refractivity contribution in [2.24, 2.45) is 0 Å². The first-order valence-corrected chi connectivity index (χ1v) is 15.8. The van der Waals surface area contributed by atoms with Gasteiger partial charge >= 0.3 is 6.09 Å². The van der Waals surface area contributed by atoms with Crippen molar-refractivity contribution in [2.45, 2.75) is 43.8 Å². The third-order valence-electron chi connectivity index (χ3n) is 8.44. The van der Waals surface area contributed by atoms with E-state index in [9.17, 15) is 19.1 Å². The maximum atomic E-state index is 14.4. The number of hydrogen-bond acceptors (Lipinski definition) is 5. The number of nitrogens with one attached hydrogen (secondary N) is 1. The van der Waals surface area contributed by atoms with Gasteiger partial charge in [-0.05, 0) is 90.9 Å². The summed E-state index contributed by atoms with van der Waals surface area (Å²) >= 11 is 3.41. The predicted molar refractivity (Wildman–Crippen MR) is 168 cm³/mol. The average Bonchev–Trinajstić information content (AvgIpc) is 3.86. The molecule has 1 aliphatic carbocycles. The lowest BCUT2D eigenvalue weighted by Crippen LogP contribution is -2.63. The summed E-state index contributed by atoms with van der Waals surface area (Å²) in [5, 5.41) is 13.5. The number of fused-ring (bicyclic) bond motifs is 2. The molecule has 0 aromatic heterocycles. The molecule has 44 heavy (non-hydrogen) atoms. The predicted octanol–water partition coefficient (Wildman–Crippen LogP) is 5.76. The molecular formula is C34H35BrFN3O5. The monoisotopic (exact) mass is 663 g/mol. The van der Waals surface area contributed by atoms with Crippen molar-refractivity contribution in [3.05, 3.63) is 99.8 Å². The van der Waals surface area contributed by atoms with Crippen LogP contribution >= 0.6 is 15.9 Å². The fourth-order valence-corrected chi connectivity index (χ4v) is 6.39. The van der Waals surface area contributed by atoms with Crippen molar-refractivity contribution in [1.29, 1.82) is 0 Å². The number of halogens is 2. The molecule has 2 fully saturated rings. The molecule has 10 heteroatoms. The number of piperazine rings is 1. The maximum Gasteiger partial charge on any atom is 0.408 e. The quantitative estimate of drug-likeness (QED) is 0.254. The minimum atomic E-state index is -1.01. The van der Waals surface area contributed by atoms with Crippen molar-refractivity contribution in [1.82, 2.24) is 15.1 Å². The zero-order chi connectivity index (χ0) is 30.6. The molecule has 0 spiro atoms. The molecule has 3 aliphatic rings. The molecule has 2 unspecified atom stereocenters. The number of benzene rings is 3. The number of hydrogen-bond donors (Lipinski definition) is 2. The summed E-state index contributed by atoms with van der Waals surface area (Å²) in [4.78, 5) is 30.2. The standard InChI is InChI=1S/C34H35BrFN3O5/c35-24-5-13-29(14-6-24)44-18-17-43-28-11-3-23(4-12-28)30-19-27-20-37-21-31(39(27)34(41)42)32(30)33(40)38(26-9-10-26)16-15-22-1-7-25(36)8-2-22/h1-8,11-14,26-27,31,37H,9-10,15-21H2,(H,41,42). The maximum absolute atomic E-state index is 14.4. The molecule has 8 nitrogen and oxygen atoms in total. The Kier molecular flexibility index (Phi) is 9.18. The third-order valence-corrected chi connectivity index (χ3v) is 8.97. The van der Waals surface area contributed by atoms with E-state index in [0.717, 1.165) is 39.8 Å². The first-order valence-electron chi connectivity index (χ1n) is 15.0. The Morgan fingerprint density at radius 2 is 1.57 bits per heavy atom. The van der Waals surface area contributed by atoms with Gasteiger partial charge in [0.15, 0.2) is 0 Å². The lowest BCUT2D eigenvalue weighted by Gasteiger charge is -2.47. The number of nitrogens with zero attached hydrogens (tertiary/aromatic N) is 2. The number of ether oxygens (including phenoxy) is 2. The van der Waals surface area contributed by atoms with E-state index in [-0.39, 0.29) is 23.8 Å². The largest absolute Gasteiger partial charge is 0.490 e. The van der Waals surface area contributed by atoms with Gasteiger partial charge < -0.3 is 24.8 Å². The number of carboxylic acid groups (broad SMARTS) is 1. The summed E-state index contributed by atoms with van der Waals surface area (Å²) < 4.78 is 26.1. The Bertz CT molecular complexity index is 1510. The van der Waals surface area contributed by atoms with E-state index in [2.05, 4.69) is 21.2 Å². The van der Waals surface area contributed by atoms with Gasteiger partial charge in [-0.25, -0.2) is 9.18 Å². The van der Waals surface area contributed by atoms with Gasteiger partial charge in [-0.15, -0.1) is 0 Å². The summed E-state index contributed by atoms with van der Waals surface area (Å²) in [6.07, 6.45) is 1.86. The van der Waals surface area contributed by atoms with Gasteiger partial charge in [0.1, 0.15) is 30.5 Å². The molecule has 2 heterocycles. The summed E-state index contributed by atoms with van der Waals surface area (Å²) in [5.74, 6) is 1.04. The van der Waals surface area contributed by atoms with E-state index in [4.69, 9.17) is 9.47 Å². The molecule has 1 saturated heterocycles. The molecule has 230 valence electrons. The number of carbonyl (C=O) groups is 2. The molecule has 2 atom stereocenters. The lowest BCUT2D eigenvalue weighted by molar-refractivity contribution is -0.128. The van der Waals surface area contributed by atoms with Crippen molar-refractivity contribution in [3.8, 4) is 11.5 Å². The van der Waals surface area contributed by atoms with Crippen LogP contribution in [-0.2, 0) is 11.2 Å². The van der Waals surface area contributed by atoms with E-state index >= 15 is 0 Å². The van der Waals surface area contributed by atoms with E-state index in [1.54, 1.807) is 12.1 Å². The van der Waals surface area contributed by atoms with E-state index < -0.39 is 12.1 Å². The molecular weight excluding hydrogens is 629 g/mol. The minimum absolute atomic E-state index is 0.117. The van der Waals surface area contributed by atoms with Crippen LogP contribution in [-0.4, -0.2) is 77.9 Å². The fourth-order valence-electron chi connectivity index (χ4n) is 6.12. The Labute approximate surface area is 264 Å². The van der Waals surface area contributed by atoms with Gasteiger partial charge in [0.2, 0.25) is 0 Å². The second kappa shape index (κ2) is 13.4. The minimum Gasteiger partial charge on any atom is -0.490 e. The summed E-state index contributed by atoms with van der Waals surface area (Å²) in [6.45, 7) is 2.16. The van der Waals surface area contributed by atoms with Crippen LogP contribution in [0.1, 0.15) is 30.4 Å². The van der Waals surface area contributed by atoms with Crippen molar-refractivity contribution in [2.75, 3.05) is 32.8 Å². The number of amides is 2. The summed E-state index contributed by atoms with van der Waals surface area (Å²) in [6, 6.07) is 20.9. The SMILES string of the molecule is O=C(C1=C(c2ccc(OCCOc3ccc(Br)cc3)cc2)CC2CNCC1N2C(=O)O)N(CCc1ccc(F)cc1)C1CC1. The Hall–Kier alpha value is -3.89. The van der Waals surface area contributed by atoms with Crippen LogP contribution in [0.4, 0.5) is 9.18 Å². The second-order valence-electron chi connectivity index (χ2n) is 11.4. The molecule has 2 bridgehead atoms. The van der Waals surface area contributed by atoms with Crippen LogP contribution < -0.4 is 14.8 Å². The number of rotatable bonds is 11. The van der Waals surface area contributed by atoms with Crippen molar-refractivity contribution in [3.63, 3.8) is 0 Å². The number of carbonyl (C=O) groups excluding carboxylic acids is 1. The normalized spacial score (nSPS) is 19.5. The first-order chi connectivity index (χ1) is 21.4.